The normalized spacial score (nSPS) is 18.2. The van der Waals surface area contributed by atoms with Crippen LogP contribution in [0.15, 0.2) is 28.7 Å². The van der Waals surface area contributed by atoms with E-state index in [0.717, 1.165) is 5.56 Å². The van der Waals surface area contributed by atoms with Crippen LogP contribution in [0.1, 0.15) is 44.7 Å². The van der Waals surface area contributed by atoms with Crippen molar-refractivity contribution in [2.75, 3.05) is 19.8 Å². The molecule has 0 bridgehead atoms. The summed E-state index contributed by atoms with van der Waals surface area (Å²) in [7, 11) is 0. The zero-order valence-electron chi connectivity index (χ0n) is 16.3. The summed E-state index contributed by atoms with van der Waals surface area (Å²) >= 11 is 0. The lowest BCUT2D eigenvalue weighted by Gasteiger charge is -2.33. The number of oxazole rings is 1. The van der Waals surface area contributed by atoms with Crippen molar-refractivity contribution in [1.82, 2.24) is 9.88 Å². The van der Waals surface area contributed by atoms with Crippen molar-refractivity contribution >= 4 is 5.91 Å². The molecule has 1 atom stereocenters. The monoisotopic (exact) mass is 356 g/mol. The summed E-state index contributed by atoms with van der Waals surface area (Å²) in [6.45, 7) is 12.3. The van der Waals surface area contributed by atoms with Gasteiger partial charge in [-0.25, -0.2) is 4.98 Å². The van der Waals surface area contributed by atoms with E-state index in [-0.39, 0.29) is 23.8 Å². The number of hydrogen-bond acceptors (Lipinski definition) is 4. The van der Waals surface area contributed by atoms with Crippen molar-refractivity contribution in [3.05, 3.63) is 41.3 Å². The van der Waals surface area contributed by atoms with Gasteiger partial charge in [0, 0.05) is 12.1 Å². The molecule has 0 N–H and O–H groups in total. The van der Waals surface area contributed by atoms with Gasteiger partial charge < -0.3 is 14.1 Å². The second-order valence-electron chi connectivity index (χ2n) is 8.04. The standard InChI is InChI=1S/C21H28N2O3/c1-14-13-25-11-10-23(14)19(24)12-18-15(2)26-20(22-18)16-6-8-17(9-7-16)21(3,4)5/h6-9,14H,10-13H2,1-5H3. The summed E-state index contributed by atoms with van der Waals surface area (Å²) in [5.74, 6) is 1.35. The van der Waals surface area contributed by atoms with Gasteiger partial charge in [-0.15, -0.1) is 0 Å². The smallest absolute Gasteiger partial charge is 0.229 e. The molecule has 5 heteroatoms. The first-order valence-corrected chi connectivity index (χ1v) is 9.20. The Morgan fingerprint density at radius 1 is 1.27 bits per heavy atom. The van der Waals surface area contributed by atoms with Crippen LogP contribution in [0.3, 0.4) is 0 Å². The molecular weight excluding hydrogens is 328 g/mol. The Hall–Kier alpha value is -2.14. The minimum atomic E-state index is 0.0758. The number of hydrogen-bond donors (Lipinski definition) is 0. The van der Waals surface area contributed by atoms with Crippen LogP contribution in [0.5, 0.6) is 0 Å². The summed E-state index contributed by atoms with van der Waals surface area (Å²) < 4.78 is 11.2. The highest BCUT2D eigenvalue weighted by Crippen LogP contribution is 2.27. The van der Waals surface area contributed by atoms with Crippen LogP contribution < -0.4 is 0 Å². The molecule has 0 saturated carbocycles. The van der Waals surface area contributed by atoms with E-state index in [2.05, 4.69) is 37.9 Å². The van der Waals surface area contributed by atoms with Crippen LogP contribution in [0.4, 0.5) is 0 Å². The van der Waals surface area contributed by atoms with Crippen molar-refractivity contribution in [3.63, 3.8) is 0 Å². The minimum Gasteiger partial charge on any atom is -0.441 e. The van der Waals surface area contributed by atoms with Gasteiger partial charge in [-0.1, -0.05) is 32.9 Å². The zero-order valence-corrected chi connectivity index (χ0v) is 16.3. The van der Waals surface area contributed by atoms with E-state index in [4.69, 9.17) is 9.15 Å². The first-order chi connectivity index (χ1) is 12.3. The topological polar surface area (TPSA) is 55.6 Å². The number of carbonyl (C=O) groups is 1. The number of morpholine rings is 1. The van der Waals surface area contributed by atoms with Crippen molar-refractivity contribution in [1.29, 1.82) is 0 Å². The number of aromatic nitrogens is 1. The second-order valence-corrected chi connectivity index (χ2v) is 8.04. The highest BCUT2D eigenvalue weighted by Gasteiger charge is 2.25. The lowest BCUT2D eigenvalue weighted by atomic mass is 9.87. The molecule has 1 fully saturated rings. The molecule has 5 nitrogen and oxygen atoms in total. The first-order valence-electron chi connectivity index (χ1n) is 9.20. The van der Waals surface area contributed by atoms with Crippen molar-refractivity contribution < 1.29 is 13.9 Å². The second kappa shape index (κ2) is 7.23. The molecule has 1 aromatic heterocycles. The zero-order chi connectivity index (χ0) is 18.9. The summed E-state index contributed by atoms with van der Waals surface area (Å²) in [4.78, 5) is 19.1. The van der Waals surface area contributed by atoms with E-state index < -0.39 is 0 Å². The molecule has 140 valence electrons. The molecule has 1 aliphatic rings. The van der Waals surface area contributed by atoms with Crippen LogP contribution in [-0.2, 0) is 21.4 Å². The molecule has 0 spiro atoms. The summed E-state index contributed by atoms with van der Waals surface area (Å²) in [5.41, 5.74) is 3.02. The third-order valence-electron chi connectivity index (χ3n) is 4.90. The molecule has 0 aliphatic carbocycles. The molecule has 1 aromatic carbocycles. The molecule has 2 heterocycles. The maximum atomic E-state index is 12.6. The van der Waals surface area contributed by atoms with E-state index in [9.17, 15) is 4.79 Å². The summed E-state index contributed by atoms with van der Waals surface area (Å²) in [6, 6.07) is 8.38. The number of benzene rings is 1. The molecule has 26 heavy (non-hydrogen) atoms. The average molecular weight is 356 g/mol. The fourth-order valence-electron chi connectivity index (χ4n) is 3.17. The Kier molecular flexibility index (Phi) is 5.19. The summed E-state index contributed by atoms with van der Waals surface area (Å²) in [6.07, 6.45) is 0.264. The van der Waals surface area contributed by atoms with Crippen LogP contribution in [0.2, 0.25) is 0 Å². The lowest BCUT2D eigenvalue weighted by molar-refractivity contribution is -0.138. The summed E-state index contributed by atoms with van der Waals surface area (Å²) in [5, 5.41) is 0. The van der Waals surface area contributed by atoms with E-state index in [0.29, 0.717) is 37.1 Å². The predicted molar refractivity (Wildman–Crippen MR) is 101 cm³/mol. The number of carbonyl (C=O) groups excluding carboxylic acids is 1. The Balaban J connectivity index is 1.75. The Morgan fingerprint density at radius 3 is 2.58 bits per heavy atom. The van der Waals surface area contributed by atoms with Gasteiger partial charge in [0.15, 0.2) is 0 Å². The number of rotatable bonds is 3. The molecule has 2 aromatic rings. The van der Waals surface area contributed by atoms with Gasteiger partial charge in [-0.05, 0) is 37.0 Å². The van der Waals surface area contributed by atoms with Crippen molar-refractivity contribution in [3.8, 4) is 11.5 Å². The predicted octanol–water partition coefficient (Wildman–Crippen LogP) is 3.74. The highest BCUT2D eigenvalue weighted by atomic mass is 16.5. The third-order valence-corrected chi connectivity index (χ3v) is 4.90. The minimum absolute atomic E-state index is 0.0758. The largest absolute Gasteiger partial charge is 0.441 e. The molecule has 1 amide bonds. The number of nitrogens with zero attached hydrogens (tertiary/aromatic N) is 2. The lowest BCUT2D eigenvalue weighted by Crippen LogP contribution is -2.47. The number of ether oxygens (including phenoxy) is 1. The Morgan fingerprint density at radius 2 is 1.96 bits per heavy atom. The van der Waals surface area contributed by atoms with Gasteiger partial charge in [-0.3, -0.25) is 4.79 Å². The number of amides is 1. The molecule has 1 aliphatic heterocycles. The fourth-order valence-corrected chi connectivity index (χ4v) is 3.17. The first kappa shape index (κ1) is 18.6. The van der Waals surface area contributed by atoms with Crippen LogP contribution in [-0.4, -0.2) is 41.6 Å². The molecule has 1 saturated heterocycles. The molecule has 3 rings (SSSR count). The van der Waals surface area contributed by atoms with Gasteiger partial charge in [0.1, 0.15) is 5.76 Å². The quantitative estimate of drug-likeness (QED) is 0.841. The van der Waals surface area contributed by atoms with Crippen LogP contribution in [0, 0.1) is 6.92 Å². The van der Waals surface area contributed by atoms with Crippen molar-refractivity contribution in [2.24, 2.45) is 0 Å². The van der Waals surface area contributed by atoms with E-state index in [1.165, 1.54) is 5.56 Å². The maximum absolute atomic E-state index is 12.6. The van der Waals surface area contributed by atoms with Gasteiger partial charge in [0.2, 0.25) is 11.8 Å². The highest BCUT2D eigenvalue weighted by molar-refractivity contribution is 5.79. The van der Waals surface area contributed by atoms with Gasteiger partial charge in [0.25, 0.3) is 0 Å². The number of aryl methyl sites for hydroxylation is 1. The third kappa shape index (κ3) is 3.98. The maximum Gasteiger partial charge on any atom is 0.229 e. The Labute approximate surface area is 155 Å². The van der Waals surface area contributed by atoms with Crippen molar-refractivity contribution in [2.45, 2.75) is 52.5 Å². The Bertz CT molecular complexity index is 772. The van der Waals surface area contributed by atoms with E-state index in [1.54, 1.807) is 0 Å². The van der Waals surface area contributed by atoms with Gasteiger partial charge in [0.05, 0.1) is 31.4 Å². The molecule has 1 unspecified atom stereocenters. The van der Waals surface area contributed by atoms with Crippen LogP contribution in [0.25, 0.3) is 11.5 Å². The van der Waals surface area contributed by atoms with Gasteiger partial charge in [-0.2, -0.15) is 0 Å². The molecule has 0 radical (unpaired) electrons. The van der Waals surface area contributed by atoms with E-state index in [1.807, 2.05) is 30.9 Å². The molecular formula is C21H28N2O3. The fraction of sp³-hybridized carbons (Fsp3) is 0.524. The van der Waals surface area contributed by atoms with Crippen LogP contribution >= 0.6 is 0 Å². The average Bonchev–Trinajstić information content (AvgIpc) is 2.95. The van der Waals surface area contributed by atoms with E-state index >= 15 is 0 Å². The van der Waals surface area contributed by atoms with Gasteiger partial charge >= 0.3 is 0 Å². The SMILES string of the molecule is Cc1oc(-c2ccc(C(C)(C)C)cc2)nc1CC(=O)N1CCOCC1C.